The summed E-state index contributed by atoms with van der Waals surface area (Å²) in [6.45, 7) is 4.98. The first-order chi connectivity index (χ1) is 12.3. The van der Waals surface area contributed by atoms with Crippen LogP contribution in [0.3, 0.4) is 0 Å². The third kappa shape index (κ3) is 3.54. The van der Waals surface area contributed by atoms with Crippen LogP contribution < -0.4 is 9.47 Å². The number of hydrogen-bond donors (Lipinski definition) is 1. The number of H-pyrrole nitrogens is 1. The lowest BCUT2D eigenvalue weighted by atomic mass is 10.1. The van der Waals surface area contributed by atoms with Gasteiger partial charge < -0.3 is 19.2 Å². The summed E-state index contributed by atoms with van der Waals surface area (Å²) in [6.07, 6.45) is -0.834. The molecule has 0 unspecified atom stereocenters. The van der Waals surface area contributed by atoms with Gasteiger partial charge in [-0.25, -0.2) is 4.79 Å². The quantitative estimate of drug-likeness (QED) is 0.631. The molecule has 0 spiro atoms. The second-order valence-corrected chi connectivity index (χ2v) is 5.72. The lowest BCUT2D eigenvalue weighted by Crippen LogP contribution is -2.25. The monoisotopic (exact) mass is 356 g/mol. The molecule has 1 atom stereocenters. The first kappa shape index (κ1) is 19.1. The normalized spacial score (nSPS) is 11.4. The highest BCUT2D eigenvalue weighted by Crippen LogP contribution is 2.29. The Labute approximate surface area is 151 Å². The molecule has 0 bridgehead atoms. The Hall–Kier alpha value is -3.27. The summed E-state index contributed by atoms with van der Waals surface area (Å²) >= 11 is 0. The summed E-state index contributed by atoms with van der Waals surface area (Å²) in [5.74, 6) is -0.107. The van der Waals surface area contributed by atoms with Crippen LogP contribution in [0, 0.1) is 25.2 Å². The van der Waals surface area contributed by atoms with Crippen molar-refractivity contribution >= 4 is 11.8 Å². The van der Waals surface area contributed by atoms with E-state index in [-0.39, 0.29) is 5.78 Å². The average molecular weight is 356 g/mol. The van der Waals surface area contributed by atoms with Crippen LogP contribution in [-0.2, 0) is 4.74 Å². The van der Waals surface area contributed by atoms with Crippen LogP contribution in [0.2, 0.25) is 0 Å². The van der Waals surface area contributed by atoms with Crippen LogP contribution in [0.5, 0.6) is 11.5 Å². The zero-order chi connectivity index (χ0) is 19.4. The molecule has 0 aliphatic heterocycles. The molecule has 136 valence electrons. The number of ether oxygens (including phenoxy) is 3. The number of carbonyl (C=O) groups excluding carboxylic acids is 2. The van der Waals surface area contributed by atoms with Gasteiger partial charge in [0, 0.05) is 11.8 Å². The maximum atomic E-state index is 12.8. The molecule has 2 aromatic rings. The number of aromatic amines is 1. The smallest absolute Gasteiger partial charge is 0.339 e. The Balaban J connectivity index is 2.29. The predicted octanol–water partition coefficient (Wildman–Crippen LogP) is 2.95. The van der Waals surface area contributed by atoms with Gasteiger partial charge in [0.25, 0.3) is 0 Å². The van der Waals surface area contributed by atoms with Gasteiger partial charge in [-0.1, -0.05) is 0 Å². The molecule has 0 aliphatic carbocycles. The van der Waals surface area contributed by atoms with Crippen molar-refractivity contribution in [3.8, 4) is 17.6 Å². The third-order valence-corrected chi connectivity index (χ3v) is 4.04. The summed E-state index contributed by atoms with van der Waals surface area (Å²) in [4.78, 5) is 27.6. The zero-order valence-corrected chi connectivity index (χ0v) is 15.3. The lowest BCUT2D eigenvalue weighted by Gasteiger charge is -2.16. The molecule has 7 heteroatoms. The van der Waals surface area contributed by atoms with Crippen molar-refractivity contribution in [1.82, 2.24) is 4.98 Å². The molecule has 1 heterocycles. The highest BCUT2D eigenvalue weighted by atomic mass is 16.5. The number of aromatic nitrogens is 1. The highest BCUT2D eigenvalue weighted by Gasteiger charge is 2.27. The van der Waals surface area contributed by atoms with Crippen LogP contribution in [0.4, 0.5) is 0 Å². The Bertz CT molecular complexity index is 892. The van der Waals surface area contributed by atoms with E-state index in [0.717, 1.165) is 0 Å². The number of nitriles is 1. The fraction of sp³-hybridized carbons (Fsp3) is 0.316. The predicted molar refractivity (Wildman–Crippen MR) is 93.7 cm³/mol. The van der Waals surface area contributed by atoms with Gasteiger partial charge in [0.1, 0.15) is 0 Å². The number of nitrogens with zero attached hydrogens (tertiary/aromatic N) is 1. The molecule has 0 saturated carbocycles. The van der Waals surface area contributed by atoms with Crippen LogP contribution >= 0.6 is 0 Å². The van der Waals surface area contributed by atoms with Gasteiger partial charge in [-0.2, -0.15) is 5.26 Å². The van der Waals surface area contributed by atoms with Crippen molar-refractivity contribution in [1.29, 1.82) is 5.26 Å². The molecule has 7 nitrogen and oxygen atoms in total. The molecule has 1 N–H and O–H groups in total. The summed E-state index contributed by atoms with van der Waals surface area (Å²) in [6, 6.07) is 6.70. The van der Waals surface area contributed by atoms with Crippen LogP contribution in [0.25, 0.3) is 0 Å². The van der Waals surface area contributed by atoms with Crippen molar-refractivity contribution in [3.05, 3.63) is 46.3 Å². The summed E-state index contributed by atoms with van der Waals surface area (Å²) in [7, 11) is 2.75. The van der Waals surface area contributed by atoms with Gasteiger partial charge in [-0.15, -0.1) is 0 Å². The second kappa shape index (κ2) is 7.74. The van der Waals surface area contributed by atoms with E-state index in [9.17, 15) is 9.59 Å². The number of benzene rings is 1. The van der Waals surface area contributed by atoms with E-state index in [1.54, 1.807) is 32.9 Å². The van der Waals surface area contributed by atoms with Gasteiger partial charge >= 0.3 is 5.97 Å². The van der Waals surface area contributed by atoms with Crippen molar-refractivity contribution in [2.24, 2.45) is 0 Å². The van der Waals surface area contributed by atoms with Gasteiger partial charge in [-0.3, -0.25) is 4.79 Å². The average Bonchev–Trinajstić information content (AvgIpc) is 2.94. The third-order valence-electron chi connectivity index (χ3n) is 4.04. The number of methoxy groups -OCH3 is 2. The zero-order valence-electron chi connectivity index (χ0n) is 15.3. The summed E-state index contributed by atoms with van der Waals surface area (Å²) in [5.41, 5.74) is 2.14. The number of rotatable bonds is 6. The molecule has 0 saturated heterocycles. The minimum atomic E-state index is -0.834. The SMILES string of the molecule is COC(=O)c1c(C)[nH]c(C(=O)[C@@H](C)Oc2ccc(C#N)cc2OC)c1C. The van der Waals surface area contributed by atoms with E-state index >= 15 is 0 Å². The first-order valence-electron chi connectivity index (χ1n) is 7.90. The Morgan fingerprint density at radius 1 is 1.19 bits per heavy atom. The van der Waals surface area contributed by atoms with Crippen molar-refractivity contribution in [3.63, 3.8) is 0 Å². The van der Waals surface area contributed by atoms with Crippen molar-refractivity contribution in [2.45, 2.75) is 26.9 Å². The van der Waals surface area contributed by atoms with Gasteiger partial charge in [0.2, 0.25) is 5.78 Å². The maximum absolute atomic E-state index is 12.8. The first-order valence-corrected chi connectivity index (χ1v) is 7.90. The molecular weight excluding hydrogens is 336 g/mol. The van der Waals surface area contributed by atoms with Crippen LogP contribution in [0.15, 0.2) is 18.2 Å². The molecule has 0 aliphatic rings. The fourth-order valence-electron chi connectivity index (χ4n) is 2.69. The molecule has 1 aromatic carbocycles. The van der Waals surface area contributed by atoms with Gasteiger partial charge in [0.05, 0.1) is 37.1 Å². The maximum Gasteiger partial charge on any atom is 0.339 e. The Morgan fingerprint density at radius 3 is 2.46 bits per heavy atom. The number of ketones is 1. The molecule has 0 radical (unpaired) electrons. The Morgan fingerprint density at radius 2 is 1.88 bits per heavy atom. The largest absolute Gasteiger partial charge is 0.493 e. The molecular formula is C19H20N2O5. The van der Waals surface area contributed by atoms with Crippen molar-refractivity contribution < 1.29 is 23.8 Å². The van der Waals surface area contributed by atoms with Crippen LogP contribution in [0.1, 0.15) is 44.6 Å². The Kier molecular flexibility index (Phi) is 5.68. The fourth-order valence-corrected chi connectivity index (χ4v) is 2.69. The number of carbonyl (C=O) groups is 2. The molecule has 0 fully saturated rings. The van der Waals surface area contributed by atoms with E-state index in [1.807, 2.05) is 6.07 Å². The second-order valence-electron chi connectivity index (χ2n) is 5.72. The minimum Gasteiger partial charge on any atom is -0.493 e. The lowest BCUT2D eigenvalue weighted by molar-refractivity contribution is 0.0599. The number of esters is 1. The number of Topliss-reactive ketones (excluding diaryl/α,β-unsaturated/α-hetero) is 1. The molecule has 1 aromatic heterocycles. The standard InChI is InChI=1S/C19H20N2O5/c1-10-16(19(23)25-5)11(2)21-17(10)18(22)12(3)26-14-7-6-13(9-20)8-15(14)24-4/h6-8,12,21H,1-5H3/t12-/m1/s1. The topological polar surface area (TPSA) is 101 Å². The van der Waals surface area contributed by atoms with Crippen molar-refractivity contribution in [2.75, 3.05) is 14.2 Å². The molecule has 0 amide bonds. The van der Waals surface area contributed by atoms with Gasteiger partial charge in [-0.05, 0) is 38.5 Å². The number of nitrogens with one attached hydrogen (secondary N) is 1. The van der Waals surface area contributed by atoms with E-state index in [1.165, 1.54) is 20.3 Å². The molecule has 2 rings (SSSR count). The number of aryl methyl sites for hydroxylation is 1. The molecule has 26 heavy (non-hydrogen) atoms. The van der Waals surface area contributed by atoms with Crippen LogP contribution in [-0.4, -0.2) is 37.1 Å². The summed E-state index contributed by atoms with van der Waals surface area (Å²) in [5, 5.41) is 8.95. The van der Waals surface area contributed by atoms with E-state index in [2.05, 4.69) is 4.98 Å². The van der Waals surface area contributed by atoms with Gasteiger partial charge in [0.15, 0.2) is 17.6 Å². The minimum absolute atomic E-state index is 0.294. The number of hydrogen-bond acceptors (Lipinski definition) is 6. The van der Waals surface area contributed by atoms with E-state index in [4.69, 9.17) is 19.5 Å². The highest BCUT2D eigenvalue weighted by molar-refractivity contribution is 6.03. The summed E-state index contributed by atoms with van der Waals surface area (Å²) < 4.78 is 15.7. The van der Waals surface area contributed by atoms with E-state index < -0.39 is 12.1 Å². The van der Waals surface area contributed by atoms with E-state index in [0.29, 0.717) is 39.6 Å².